The van der Waals surface area contributed by atoms with E-state index in [4.69, 9.17) is 0 Å². The summed E-state index contributed by atoms with van der Waals surface area (Å²) in [7, 11) is 0. The maximum Gasteiger partial charge on any atom is 0.0540 e. The van der Waals surface area contributed by atoms with Crippen molar-refractivity contribution in [1.82, 2.24) is 0 Å². The molecule has 0 saturated heterocycles. The summed E-state index contributed by atoms with van der Waals surface area (Å²) in [5.74, 6) is 5.84. The lowest BCUT2D eigenvalue weighted by molar-refractivity contribution is 0.0821. The second-order valence-corrected chi connectivity index (χ2v) is 10.8. The van der Waals surface area contributed by atoms with Crippen molar-refractivity contribution in [3.8, 4) is 0 Å². The minimum atomic E-state index is -0.0369. The summed E-state index contributed by atoms with van der Waals surface area (Å²) < 4.78 is 0. The van der Waals surface area contributed by atoms with E-state index in [1.165, 1.54) is 96.3 Å². The molecule has 1 N–H and O–H groups in total. The van der Waals surface area contributed by atoms with Gasteiger partial charge in [0, 0.05) is 0 Å². The van der Waals surface area contributed by atoms with Crippen LogP contribution in [0.5, 0.6) is 0 Å². The highest BCUT2D eigenvalue weighted by Crippen LogP contribution is 2.46. The van der Waals surface area contributed by atoms with Crippen LogP contribution in [0.3, 0.4) is 0 Å². The van der Waals surface area contributed by atoms with Gasteiger partial charge in [0.1, 0.15) is 0 Å². The Balaban J connectivity index is 1.30. The Morgan fingerprint density at radius 2 is 1.48 bits per heavy atom. The molecule has 5 atom stereocenters. The number of hydrogen-bond acceptors (Lipinski definition) is 1. The monoisotopic (exact) mass is 376 g/mol. The molecule has 3 aliphatic carbocycles. The summed E-state index contributed by atoms with van der Waals surface area (Å²) in [5.41, 5.74) is 0. The topological polar surface area (TPSA) is 20.2 Å². The first-order chi connectivity index (χ1) is 13.2. The highest BCUT2D eigenvalue weighted by molar-refractivity contribution is 4.86. The van der Waals surface area contributed by atoms with Crippen LogP contribution in [0.2, 0.25) is 0 Å². The van der Waals surface area contributed by atoms with Crippen LogP contribution in [0.4, 0.5) is 0 Å². The minimum Gasteiger partial charge on any atom is -0.393 e. The summed E-state index contributed by atoms with van der Waals surface area (Å²) in [5, 5.41) is 10.5. The summed E-state index contributed by atoms with van der Waals surface area (Å²) >= 11 is 0. The van der Waals surface area contributed by atoms with Gasteiger partial charge in [-0.3, -0.25) is 0 Å². The zero-order chi connectivity index (χ0) is 19.1. The largest absolute Gasteiger partial charge is 0.393 e. The minimum absolute atomic E-state index is 0.0369. The summed E-state index contributed by atoms with van der Waals surface area (Å²) in [4.78, 5) is 0. The Bertz CT molecular complexity index is 395. The molecule has 0 aromatic heterocycles. The van der Waals surface area contributed by atoms with Gasteiger partial charge in [-0.2, -0.15) is 0 Å². The van der Waals surface area contributed by atoms with Gasteiger partial charge in [0.25, 0.3) is 0 Å². The fourth-order valence-corrected chi connectivity index (χ4v) is 6.98. The van der Waals surface area contributed by atoms with E-state index in [-0.39, 0.29) is 6.10 Å². The van der Waals surface area contributed by atoms with Crippen LogP contribution < -0.4 is 0 Å². The zero-order valence-electron chi connectivity index (χ0n) is 18.5. The molecule has 0 amide bonds. The maximum atomic E-state index is 10.5. The van der Waals surface area contributed by atoms with E-state index in [9.17, 15) is 5.11 Å². The number of aliphatic hydroxyl groups is 1. The van der Waals surface area contributed by atoms with E-state index < -0.39 is 0 Å². The van der Waals surface area contributed by atoms with E-state index in [0.29, 0.717) is 0 Å². The van der Waals surface area contributed by atoms with Gasteiger partial charge in [0.2, 0.25) is 0 Å². The third kappa shape index (κ3) is 6.76. The Morgan fingerprint density at radius 3 is 2.26 bits per heavy atom. The molecule has 3 saturated carbocycles. The van der Waals surface area contributed by atoms with Gasteiger partial charge in [-0.05, 0) is 74.0 Å². The van der Waals surface area contributed by atoms with E-state index >= 15 is 0 Å². The average molecular weight is 377 g/mol. The lowest BCUT2D eigenvalue weighted by atomic mass is 9.63. The maximum absolute atomic E-state index is 10.5. The SMILES string of the molecule is CCC1CCC(CCC(O)CCC(C)CC2CCC[C@@H]3CCCC[C@H]23)CC1. The van der Waals surface area contributed by atoms with Crippen molar-refractivity contribution in [1.29, 1.82) is 0 Å². The van der Waals surface area contributed by atoms with Crippen molar-refractivity contribution in [3.63, 3.8) is 0 Å². The summed E-state index contributed by atoms with van der Waals surface area (Å²) in [6, 6.07) is 0. The lowest BCUT2D eigenvalue weighted by Gasteiger charge is -2.42. The predicted octanol–water partition coefficient (Wildman–Crippen LogP) is 7.76. The Kier molecular flexibility index (Phi) is 9.01. The molecule has 0 bridgehead atoms. The predicted molar refractivity (Wildman–Crippen MR) is 117 cm³/mol. The van der Waals surface area contributed by atoms with Gasteiger partial charge in [-0.25, -0.2) is 0 Å². The average Bonchev–Trinajstić information content (AvgIpc) is 2.71. The molecule has 3 aliphatic rings. The van der Waals surface area contributed by atoms with E-state index in [1.807, 2.05) is 0 Å². The van der Waals surface area contributed by atoms with Crippen molar-refractivity contribution in [2.24, 2.45) is 35.5 Å². The van der Waals surface area contributed by atoms with E-state index in [2.05, 4.69) is 13.8 Å². The van der Waals surface area contributed by atoms with Crippen molar-refractivity contribution in [2.45, 2.75) is 129 Å². The van der Waals surface area contributed by atoms with Crippen molar-refractivity contribution in [2.75, 3.05) is 0 Å². The highest BCUT2D eigenvalue weighted by Gasteiger charge is 2.35. The Hall–Kier alpha value is -0.0400. The molecular formula is C26H48O. The van der Waals surface area contributed by atoms with Gasteiger partial charge in [-0.15, -0.1) is 0 Å². The third-order valence-electron chi connectivity index (χ3n) is 8.87. The van der Waals surface area contributed by atoms with Crippen molar-refractivity contribution >= 4 is 0 Å². The van der Waals surface area contributed by atoms with E-state index in [1.54, 1.807) is 0 Å². The second-order valence-electron chi connectivity index (χ2n) is 10.8. The van der Waals surface area contributed by atoms with Gasteiger partial charge >= 0.3 is 0 Å². The van der Waals surface area contributed by atoms with Gasteiger partial charge in [-0.1, -0.05) is 84.5 Å². The molecule has 0 spiro atoms. The molecule has 27 heavy (non-hydrogen) atoms. The number of aliphatic hydroxyl groups excluding tert-OH is 1. The quantitative estimate of drug-likeness (QED) is 0.436. The molecule has 0 aromatic carbocycles. The zero-order valence-corrected chi connectivity index (χ0v) is 18.5. The highest BCUT2D eigenvalue weighted by atomic mass is 16.3. The van der Waals surface area contributed by atoms with Crippen LogP contribution in [0.15, 0.2) is 0 Å². The van der Waals surface area contributed by atoms with Gasteiger partial charge in [0.05, 0.1) is 6.10 Å². The molecule has 158 valence electrons. The lowest BCUT2D eigenvalue weighted by Crippen LogP contribution is -2.32. The second kappa shape index (κ2) is 11.2. The summed E-state index contributed by atoms with van der Waals surface area (Å²) in [6.07, 6.45) is 23.7. The van der Waals surface area contributed by atoms with Crippen LogP contribution in [0, 0.1) is 35.5 Å². The van der Waals surface area contributed by atoms with Crippen LogP contribution in [-0.2, 0) is 0 Å². The third-order valence-corrected chi connectivity index (χ3v) is 8.87. The molecule has 1 nitrogen and oxygen atoms in total. The number of rotatable bonds is 9. The first-order valence-electron chi connectivity index (χ1n) is 12.8. The first-order valence-corrected chi connectivity index (χ1v) is 12.8. The van der Waals surface area contributed by atoms with Crippen LogP contribution in [0.25, 0.3) is 0 Å². The molecule has 3 rings (SSSR count). The van der Waals surface area contributed by atoms with Gasteiger partial charge < -0.3 is 5.11 Å². The molecule has 0 aromatic rings. The molecular weight excluding hydrogens is 328 g/mol. The van der Waals surface area contributed by atoms with Crippen LogP contribution in [0.1, 0.15) is 123 Å². The molecule has 0 aliphatic heterocycles. The Morgan fingerprint density at radius 1 is 0.778 bits per heavy atom. The number of hydrogen-bond donors (Lipinski definition) is 1. The van der Waals surface area contributed by atoms with Crippen LogP contribution >= 0.6 is 0 Å². The Labute approximate surface area is 170 Å². The molecule has 3 fully saturated rings. The first kappa shape index (κ1) is 21.7. The van der Waals surface area contributed by atoms with E-state index in [0.717, 1.165) is 48.3 Å². The fraction of sp³-hybridized carbons (Fsp3) is 1.00. The van der Waals surface area contributed by atoms with Gasteiger partial charge in [0.15, 0.2) is 0 Å². The molecule has 3 unspecified atom stereocenters. The molecule has 0 radical (unpaired) electrons. The summed E-state index contributed by atoms with van der Waals surface area (Å²) in [6.45, 7) is 4.81. The molecule has 0 heterocycles. The van der Waals surface area contributed by atoms with Crippen molar-refractivity contribution < 1.29 is 5.11 Å². The molecule has 1 heteroatoms. The standard InChI is InChI=1S/C26H48O/c1-3-21-12-14-22(15-13-21)16-18-25(27)17-11-20(2)19-24-9-6-8-23-7-4-5-10-26(23)24/h20-27H,3-19H2,1-2H3/t20?,21?,22?,23-,24?,25?,26-/m0/s1. The van der Waals surface area contributed by atoms with Crippen LogP contribution in [-0.4, -0.2) is 11.2 Å². The van der Waals surface area contributed by atoms with Crippen molar-refractivity contribution in [3.05, 3.63) is 0 Å². The smallest absolute Gasteiger partial charge is 0.0540 e. The fourth-order valence-electron chi connectivity index (χ4n) is 6.98. The normalized spacial score (nSPS) is 36.8. The number of fused-ring (bicyclic) bond motifs is 1.